The van der Waals surface area contributed by atoms with E-state index in [1.54, 1.807) is 4.90 Å². The number of carbonyl (C=O) groups excluding carboxylic acids is 3. The van der Waals surface area contributed by atoms with Crippen LogP contribution in [0.3, 0.4) is 0 Å². The number of benzene rings is 1. The number of rotatable bonds is 5. The Hall–Kier alpha value is -1.97. The minimum Gasteiger partial charge on any atom is -0.343 e. The van der Waals surface area contributed by atoms with Crippen molar-refractivity contribution in [3.8, 4) is 0 Å². The molecule has 1 amide bonds. The number of hydrogen-bond acceptors (Lipinski definition) is 3. The summed E-state index contributed by atoms with van der Waals surface area (Å²) in [6.07, 6.45) is 0.329. The molecule has 2 unspecified atom stereocenters. The second-order valence-electron chi connectivity index (χ2n) is 6.79. The molecule has 0 bridgehead atoms. The molecular formula is C20H27NO3. The molecule has 1 aliphatic carbocycles. The number of ketones is 2. The van der Waals surface area contributed by atoms with Crippen molar-refractivity contribution in [2.45, 2.75) is 53.4 Å². The highest BCUT2D eigenvalue weighted by atomic mass is 16.2. The first-order chi connectivity index (χ1) is 11.3. The largest absolute Gasteiger partial charge is 0.343 e. The summed E-state index contributed by atoms with van der Waals surface area (Å²) in [4.78, 5) is 39.4. The number of Topliss-reactive ketones (excluding diaryl/α,β-unsaturated/α-hetero) is 2. The van der Waals surface area contributed by atoms with Crippen LogP contribution in [-0.4, -0.2) is 35.5 Å². The van der Waals surface area contributed by atoms with Gasteiger partial charge >= 0.3 is 0 Å². The van der Waals surface area contributed by atoms with E-state index < -0.39 is 11.8 Å². The predicted molar refractivity (Wildman–Crippen MR) is 94.1 cm³/mol. The standard InChI is InChI=1S/C20H27NO3/c1-6-21(7-2)17(23)11-15-10-16(22)19(20(15)24)18-13(4)8-12(3)9-14(18)5/h8-9,15,19H,6-7,10-11H2,1-5H3. The van der Waals surface area contributed by atoms with Crippen molar-refractivity contribution in [3.63, 3.8) is 0 Å². The first-order valence-corrected chi connectivity index (χ1v) is 8.72. The molecule has 24 heavy (non-hydrogen) atoms. The van der Waals surface area contributed by atoms with Crippen LogP contribution in [0.1, 0.15) is 54.9 Å². The van der Waals surface area contributed by atoms with E-state index in [9.17, 15) is 14.4 Å². The van der Waals surface area contributed by atoms with Crippen LogP contribution < -0.4 is 0 Å². The fraction of sp³-hybridized carbons (Fsp3) is 0.550. The van der Waals surface area contributed by atoms with E-state index in [1.165, 1.54) is 0 Å². The van der Waals surface area contributed by atoms with Gasteiger partial charge < -0.3 is 4.90 Å². The molecule has 0 heterocycles. The van der Waals surface area contributed by atoms with Crippen LogP contribution in [0, 0.1) is 26.7 Å². The van der Waals surface area contributed by atoms with Crippen LogP contribution >= 0.6 is 0 Å². The molecule has 1 aromatic carbocycles. The minimum atomic E-state index is -0.694. The summed E-state index contributed by atoms with van der Waals surface area (Å²) in [7, 11) is 0. The maximum atomic E-state index is 12.8. The monoisotopic (exact) mass is 329 g/mol. The van der Waals surface area contributed by atoms with Gasteiger partial charge in [-0.05, 0) is 51.3 Å². The van der Waals surface area contributed by atoms with Gasteiger partial charge in [0.05, 0.1) is 0 Å². The summed E-state index contributed by atoms with van der Waals surface area (Å²) in [6, 6.07) is 4.02. The molecule has 2 rings (SSSR count). The van der Waals surface area contributed by atoms with Gasteiger partial charge in [-0.3, -0.25) is 14.4 Å². The van der Waals surface area contributed by atoms with E-state index in [0.717, 1.165) is 22.3 Å². The lowest BCUT2D eigenvalue weighted by Crippen LogP contribution is -2.32. The van der Waals surface area contributed by atoms with E-state index in [1.807, 2.05) is 46.8 Å². The first-order valence-electron chi connectivity index (χ1n) is 8.72. The highest BCUT2D eigenvalue weighted by Gasteiger charge is 2.44. The molecule has 1 aliphatic rings. The summed E-state index contributed by atoms with van der Waals surface area (Å²) in [5, 5.41) is 0. The molecule has 1 fully saturated rings. The van der Waals surface area contributed by atoms with Gasteiger partial charge in [-0.1, -0.05) is 17.7 Å². The minimum absolute atomic E-state index is 0.0378. The molecule has 0 N–H and O–H groups in total. The quantitative estimate of drug-likeness (QED) is 0.780. The average Bonchev–Trinajstić information content (AvgIpc) is 2.75. The first kappa shape index (κ1) is 18.4. The van der Waals surface area contributed by atoms with Gasteiger partial charge in [0, 0.05) is 31.8 Å². The van der Waals surface area contributed by atoms with Crippen molar-refractivity contribution < 1.29 is 14.4 Å². The Morgan fingerprint density at radius 2 is 1.62 bits per heavy atom. The fourth-order valence-corrected chi connectivity index (χ4v) is 3.89. The maximum absolute atomic E-state index is 12.8. The predicted octanol–water partition coefficient (Wildman–Crippen LogP) is 3.11. The Morgan fingerprint density at radius 1 is 1.08 bits per heavy atom. The Labute approximate surface area is 144 Å². The molecule has 0 aromatic heterocycles. The van der Waals surface area contributed by atoms with E-state index in [-0.39, 0.29) is 30.3 Å². The third-order valence-electron chi connectivity index (χ3n) is 5.02. The van der Waals surface area contributed by atoms with Crippen LogP contribution in [0.25, 0.3) is 0 Å². The molecular weight excluding hydrogens is 302 g/mol. The Balaban J connectivity index is 2.26. The summed E-state index contributed by atoms with van der Waals surface area (Å²) in [6.45, 7) is 11.0. The zero-order valence-corrected chi connectivity index (χ0v) is 15.3. The topological polar surface area (TPSA) is 54.5 Å². The number of amides is 1. The van der Waals surface area contributed by atoms with Crippen LogP contribution in [-0.2, 0) is 14.4 Å². The van der Waals surface area contributed by atoms with Crippen molar-refractivity contribution in [2.75, 3.05) is 13.1 Å². The second kappa shape index (κ2) is 7.29. The third-order valence-corrected chi connectivity index (χ3v) is 5.02. The van der Waals surface area contributed by atoms with Crippen molar-refractivity contribution in [1.82, 2.24) is 4.90 Å². The lowest BCUT2D eigenvalue weighted by molar-refractivity contribution is -0.134. The van der Waals surface area contributed by atoms with Crippen LogP contribution in [0.5, 0.6) is 0 Å². The highest BCUT2D eigenvalue weighted by Crippen LogP contribution is 2.37. The summed E-state index contributed by atoms with van der Waals surface area (Å²) < 4.78 is 0. The molecule has 0 saturated heterocycles. The summed E-state index contributed by atoms with van der Waals surface area (Å²) in [5.74, 6) is -1.34. The maximum Gasteiger partial charge on any atom is 0.223 e. The number of aryl methyl sites for hydroxylation is 3. The van der Waals surface area contributed by atoms with Gasteiger partial charge in [-0.2, -0.15) is 0 Å². The van der Waals surface area contributed by atoms with E-state index in [0.29, 0.717) is 13.1 Å². The van der Waals surface area contributed by atoms with E-state index in [4.69, 9.17) is 0 Å². The molecule has 0 spiro atoms. The smallest absolute Gasteiger partial charge is 0.223 e. The molecule has 4 nitrogen and oxygen atoms in total. The van der Waals surface area contributed by atoms with E-state index in [2.05, 4.69) is 0 Å². The number of carbonyl (C=O) groups is 3. The molecule has 2 atom stereocenters. The fourth-order valence-electron chi connectivity index (χ4n) is 3.89. The molecule has 1 aromatic rings. The van der Waals surface area contributed by atoms with Gasteiger partial charge in [0.25, 0.3) is 0 Å². The van der Waals surface area contributed by atoms with Gasteiger partial charge in [-0.25, -0.2) is 0 Å². The van der Waals surface area contributed by atoms with Gasteiger partial charge in [-0.15, -0.1) is 0 Å². The van der Waals surface area contributed by atoms with Crippen LogP contribution in [0.15, 0.2) is 12.1 Å². The SMILES string of the molecule is CCN(CC)C(=O)CC1CC(=O)C(c2c(C)cc(C)cc2C)C1=O. The lowest BCUT2D eigenvalue weighted by atomic mass is 9.86. The third kappa shape index (κ3) is 3.42. The van der Waals surface area contributed by atoms with Crippen molar-refractivity contribution in [3.05, 3.63) is 34.4 Å². The molecule has 4 heteroatoms. The zero-order valence-electron chi connectivity index (χ0n) is 15.3. The number of hydrogen-bond donors (Lipinski definition) is 0. The highest BCUT2D eigenvalue weighted by molar-refractivity contribution is 6.15. The van der Waals surface area contributed by atoms with Crippen LogP contribution in [0.2, 0.25) is 0 Å². The second-order valence-corrected chi connectivity index (χ2v) is 6.79. The summed E-state index contributed by atoms with van der Waals surface area (Å²) in [5.41, 5.74) is 3.93. The zero-order chi connectivity index (χ0) is 18.0. The molecule has 0 aliphatic heterocycles. The Kier molecular flexibility index (Phi) is 5.58. The Bertz CT molecular complexity index is 650. The van der Waals surface area contributed by atoms with Gasteiger partial charge in [0.1, 0.15) is 11.7 Å². The average molecular weight is 329 g/mol. The summed E-state index contributed by atoms with van der Waals surface area (Å²) >= 11 is 0. The Morgan fingerprint density at radius 3 is 2.12 bits per heavy atom. The molecule has 1 saturated carbocycles. The number of nitrogens with zero attached hydrogens (tertiary/aromatic N) is 1. The molecule has 0 radical (unpaired) electrons. The lowest BCUT2D eigenvalue weighted by Gasteiger charge is -2.20. The van der Waals surface area contributed by atoms with Crippen molar-refractivity contribution in [2.24, 2.45) is 5.92 Å². The normalized spacial score (nSPS) is 20.5. The van der Waals surface area contributed by atoms with Gasteiger partial charge in [0.15, 0.2) is 5.78 Å². The molecule has 130 valence electrons. The van der Waals surface area contributed by atoms with Crippen molar-refractivity contribution >= 4 is 17.5 Å². The van der Waals surface area contributed by atoms with Crippen molar-refractivity contribution in [1.29, 1.82) is 0 Å². The van der Waals surface area contributed by atoms with Gasteiger partial charge in [0.2, 0.25) is 5.91 Å². The van der Waals surface area contributed by atoms with E-state index >= 15 is 0 Å². The van der Waals surface area contributed by atoms with Crippen LogP contribution in [0.4, 0.5) is 0 Å².